The van der Waals surface area contributed by atoms with Crippen molar-refractivity contribution in [2.75, 3.05) is 12.1 Å². The topological polar surface area (TPSA) is 74.0 Å². The van der Waals surface area contributed by atoms with Gasteiger partial charge in [-0.25, -0.2) is 4.39 Å². The van der Waals surface area contributed by atoms with Crippen LogP contribution in [0, 0.1) is 15.9 Å². The summed E-state index contributed by atoms with van der Waals surface area (Å²) in [6.45, 7) is 1.12. The molecule has 7 nitrogen and oxygen atoms in total. The molecule has 0 amide bonds. The number of nitro benzene ring substituents is 1. The average Bonchev–Trinajstić information content (AvgIpc) is 2.97. The first-order chi connectivity index (χ1) is 11.1. The number of benzene rings is 2. The van der Waals surface area contributed by atoms with Gasteiger partial charge < -0.3 is 4.90 Å². The molecule has 0 bridgehead atoms. The fourth-order valence-corrected chi connectivity index (χ4v) is 2.17. The number of hydrazine groups is 1. The van der Waals surface area contributed by atoms with Crippen LogP contribution in [0.15, 0.2) is 53.6 Å². The van der Waals surface area contributed by atoms with Gasteiger partial charge in [0.2, 0.25) is 0 Å². The Balaban J connectivity index is 1.54. The summed E-state index contributed by atoms with van der Waals surface area (Å²) < 4.78 is 12.9. The van der Waals surface area contributed by atoms with Gasteiger partial charge in [0.25, 0.3) is 5.69 Å². The van der Waals surface area contributed by atoms with Crippen LogP contribution in [-0.2, 0) is 6.54 Å². The van der Waals surface area contributed by atoms with Crippen molar-refractivity contribution in [3.63, 3.8) is 0 Å². The molecule has 0 fully saturated rings. The van der Waals surface area contributed by atoms with Crippen LogP contribution in [-0.4, -0.2) is 27.9 Å². The van der Waals surface area contributed by atoms with Gasteiger partial charge in [-0.2, -0.15) is 5.12 Å². The van der Waals surface area contributed by atoms with Gasteiger partial charge in [0, 0.05) is 18.7 Å². The molecule has 23 heavy (non-hydrogen) atoms. The van der Waals surface area contributed by atoms with E-state index in [0.29, 0.717) is 18.9 Å². The number of nitro groups is 1. The number of rotatable bonds is 5. The number of non-ortho nitro benzene ring substituents is 1. The van der Waals surface area contributed by atoms with Crippen molar-refractivity contribution in [3.8, 4) is 0 Å². The molecule has 1 heterocycles. The second-order valence-electron chi connectivity index (χ2n) is 5.06. The lowest BCUT2D eigenvalue weighted by atomic mass is 10.2. The molecule has 1 N–H and O–H groups in total. The lowest BCUT2D eigenvalue weighted by molar-refractivity contribution is -0.384. The van der Waals surface area contributed by atoms with Crippen LogP contribution in [0.5, 0.6) is 0 Å². The minimum Gasteiger partial charge on any atom is -0.336 e. The molecule has 1 aliphatic rings. The van der Waals surface area contributed by atoms with Crippen LogP contribution in [0.3, 0.4) is 0 Å². The third kappa shape index (κ3) is 3.73. The molecule has 2 aromatic carbocycles. The Labute approximate surface area is 131 Å². The van der Waals surface area contributed by atoms with Crippen molar-refractivity contribution in [1.82, 2.24) is 10.0 Å². The maximum atomic E-state index is 12.9. The van der Waals surface area contributed by atoms with Crippen LogP contribution in [0.4, 0.5) is 15.8 Å². The molecule has 8 heteroatoms. The van der Waals surface area contributed by atoms with Crippen LogP contribution >= 0.6 is 0 Å². The first-order valence-electron chi connectivity index (χ1n) is 6.91. The normalized spacial score (nSPS) is 13.4. The van der Waals surface area contributed by atoms with Gasteiger partial charge in [-0.1, -0.05) is 12.1 Å². The number of halogens is 1. The van der Waals surface area contributed by atoms with Gasteiger partial charge in [-0.15, -0.1) is 5.10 Å². The molecule has 0 aliphatic carbocycles. The highest BCUT2D eigenvalue weighted by atomic mass is 19.1. The van der Waals surface area contributed by atoms with Gasteiger partial charge in [-0.3, -0.25) is 15.5 Å². The SMILES string of the molecule is O=[N+]([O-])c1ccc(NN2CN(Cc3ccc(F)cc3)C=N2)cc1. The Morgan fingerprint density at radius 1 is 1.17 bits per heavy atom. The summed E-state index contributed by atoms with van der Waals surface area (Å²) in [5.41, 5.74) is 4.77. The number of nitrogens with zero attached hydrogens (tertiary/aromatic N) is 4. The van der Waals surface area contributed by atoms with E-state index in [1.54, 1.807) is 35.7 Å². The number of anilines is 1. The van der Waals surface area contributed by atoms with Crippen LogP contribution in [0.25, 0.3) is 0 Å². The van der Waals surface area contributed by atoms with Crippen LogP contribution in [0.2, 0.25) is 0 Å². The molecule has 0 unspecified atom stereocenters. The first kappa shape index (κ1) is 14.8. The quantitative estimate of drug-likeness (QED) is 0.678. The standard InChI is InChI=1S/C15H14FN5O2/c16-13-3-1-12(2-4-13)9-19-10-17-20(11-19)18-14-5-7-15(8-6-14)21(22)23/h1-8,10,18H,9,11H2. The molecule has 0 saturated heterocycles. The van der Waals surface area contributed by atoms with Gasteiger partial charge in [0.05, 0.1) is 10.6 Å². The number of hydrazone groups is 1. The molecule has 2 aromatic rings. The minimum atomic E-state index is -0.442. The average molecular weight is 315 g/mol. The van der Waals surface area contributed by atoms with E-state index < -0.39 is 4.92 Å². The van der Waals surface area contributed by atoms with Crippen LogP contribution in [0.1, 0.15) is 5.56 Å². The van der Waals surface area contributed by atoms with E-state index in [0.717, 1.165) is 5.56 Å². The Morgan fingerprint density at radius 2 is 1.87 bits per heavy atom. The first-order valence-corrected chi connectivity index (χ1v) is 6.91. The van der Waals surface area contributed by atoms with Gasteiger partial charge in [0.15, 0.2) is 0 Å². The van der Waals surface area contributed by atoms with Crippen molar-refractivity contribution in [2.24, 2.45) is 5.10 Å². The van der Waals surface area contributed by atoms with Crippen molar-refractivity contribution in [1.29, 1.82) is 0 Å². The molecular weight excluding hydrogens is 301 g/mol. The Bertz CT molecular complexity index is 718. The Kier molecular flexibility index (Phi) is 4.05. The van der Waals surface area contributed by atoms with Gasteiger partial charge in [0.1, 0.15) is 18.8 Å². The van der Waals surface area contributed by atoms with Crippen molar-refractivity contribution >= 4 is 17.7 Å². The fraction of sp³-hybridized carbons (Fsp3) is 0.133. The molecule has 0 atom stereocenters. The van der Waals surface area contributed by atoms with E-state index in [-0.39, 0.29) is 11.5 Å². The smallest absolute Gasteiger partial charge is 0.269 e. The zero-order valence-electron chi connectivity index (χ0n) is 12.1. The number of nitrogens with one attached hydrogen (secondary N) is 1. The molecule has 1 aliphatic heterocycles. The van der Waals surface area contributed by atoms with E-state index in [1.807, 2.05) is 4.90 Å². The summed E-state index contributed by atoms with van der Waals surface area (Å²) in [6, 6.07) is 12.4. The maximum absolute atomic E-state index is 12.9. The lowest BCUT2D eigenvalue weighted by Crippen LogP contribution is -2.30. The van der Waals surface area contributed by atoms with E-state index in [9.17, 15) is 14.5 Å². The summed E-state index contributed by atoms with van der Waals surface area (Å²) in [4.78, 5) is 12.1. The zero-order valence-corrected chi connectivity index (χ0v) is 12.1. The highest BCUT2D eigenvalue weighted by molar-refractivity contribution is 5.57. The minimum absolute atomic E-state index is 0.0402. The molecule has 0 radical (unpaired) electrons. The van der Waals surface area contributed by atoms with Gasteiger partial charge >= 0.3 is 0 Å². The van der Waals surface area contributed by atoms with Crippen LogP contribution < -0.4 is 5.43 Å². The fourth-order valence-electron chi connectivity index (χ4n) is 2.17. The number of hydrogen-bond donors (Lipinski definition) is 1. The van der Waals surface area contributed by atoms with E-state index in [2.05, 4.69) is 10.5 Å². The summed E-state index contributed by atoms with van der Waals surface area (Å²) >= 11 is 0. The largest absolute Gasteiger partial charge is 0.336 e. The third-order valence-electron chi connectivity index (χ3n) is 3.31. The monoisotopic (exact) mass is 315 g/mol. The zero-order chi connectivity index (χ0) is 16.2. The van der Waals surface area contributed by atoms with Gasteiger partial charge in [-0.05, 0) is 29.8 Å². The van der Waals surface area contributed by atoms with E-state index >= 15 is 0 Å². The maximum Gasteiger partial charge on any atom is 0.269 e. The van der Waals surface area contributed by atoms with Crippen molar-refractivity contribution in [2.45, 2.75) is 6.54 Å². The predicted molar refractivity (Wildman–Crippen MR) is 83.9 cm³/mol. The second-order valence-corrected chi connectivity index (χ2v) is 5.06. The molecular formula is C15H14FN5O2. The molecule has 0 aromatic heterocycles. The molecule has 3 rings (SSSR count). The highest BCUT2D eigenvalue weighted by Crippen LogP contribution is 2.17. The van der Waals surface area contributed by atoms with E-state index in [4.69, 9.17) is 0 Å². The van der Waals surface area contributed by atoms with Crippen molar-refractivity contribution < 1.29 is 9.31 Å². The molecule has 118 valence electrons. The Hall–Kier alpha value is -3.16. The Morgan fingerprint density at radius 3 is 2.52 bits per heavy atom. The summed E-state index contributed by atoms with van der Waals surface area (Å²) in [5, 5.41) is 16.4. The summed E-state index contributed by atoms with van der Waals surface area (Å²) in [5.74, 6) is -0.259. The third-order valence-corrected chi connectivity index (χ3v) is 3.31. The van der Waals surface area contributed by atoms with E-state index in [1.165, 1.54) is 24.3 Å². The second kappa shape index (κ2) is 6.30. The summed E-state index contributed by atoms with van der Waals surface area (Å²) in [6.07, 6.45) is 1.68. The lowest BCUT2D eigenvalue weighted by Gasteiger charge is -2.20. The highest BCUT2D eigenvalue weighted by Gasteiger charge is 2.14. The van der Waals surface area contributed by atoms with Crippen molar-refractivity contribution in [3.05, 3.63) is 70.0 Å². The summed E-state index contributed by atoms with van der Waals surface area (Å²) in [7, 11) is 0. The molecule has 0 saturated carbocycles. The number of hydrogen-bond acceptors (Lipinski definition) is 6. The predicted octanol–water partition coefficient (Wildman–Crippen LogP) is 2.78. The molecule has 0 spiro atoms.